The van der Waals surface area contributed by atoms with Gasteiger partial charge in [-0.15, -0.1) is 0 Å². The van der Waals surface area contributed by atoms with Crippen LogP contribution < -0.4 is 14.2 Å². The summed E-state index contributed by atoms with van der Waals surface area (Å²) in [7, 11) is 0. The first-order valence-corrected chi connectivity index (χ1v) is 10.5. The van der Waals surface area contributed by atoms with Gasteiger partial charge in [0.1, 0.15) is 0 Å². The molecule has 1 aromatic rings. The SMILES string of the molecule is CCCOc1cccc(OC(=O)CCCC(C)C)c1OC(=O)CCCC(C)C. The van der Waals surface area contributed by atoms with Crippen LogP contribution in [0.4, 0.5) is 0 Å². The average molecular weight is 393 g/mol. The minimum atomic E-state index is -0.342. The number of ether oxygens (including phenoxy) is 3. The summed E-state index contributed by atoms with van der Waals surface area (Å²) in [6, 6.07) is 5.09. The van der Waals surface area contributed by atoms with Gasteiger partial charge in [0.05, 0.1) is 6.61 Å². The molecule has 5 nitrogen and oxygen atoms in total. The molecule has 1 aromatic carbocycles. The number of para-hydroxylation sites is 1. The number of esters is 2. The standard InChI is InChI=1S/C23H36O5/c1-6-16-26-19-12-9-13-20(27-21(24)14-7-10-17(2)3)23(19)28-22(25)15-8-11-18(4)5/h9,12-13,17-18H,6-8,10-11,14-16H2,1-5H3. The molecule has 0 aromatic heterocycles. The molecule has 0 unspecified atom stereocenters. The Labute approximate surface area is 169 Å². The molecule has 0 spiro atoms. The fourth-order valence-corrected chi connectivity index (χ4v) is 2.65. The lowest BCUT2D eigenvalue weighted by atomic mass is 10.1. The highest BCUT2D eigenvalue weighted by molar-refractivity contribution is 5.77. The maximum atomic E-state index is 12.3. The molecule has 0 radical (unpaired) electrons. The first kappa shape index (κ1) is 24.0. The molecule has 0 aliphatic heterocycles. The Morgan fingerprint density at radius 1 is 0.857 bits per heavy atom. The van der Waals surface area contributed by atoms with Gasteiger partial charge in [0, 0.05) is 12.8 Å². The van der Waals surface area contributed by atoms with Crippen molar-refractivity contribution in [2.24, 2.45) is 11.8 Å². The molecular formula is C23H36O5. The van der Waals surface area contributed by atoms with Gasteiger partial charge in [-0.1, -0.05) is 53.5 Å². The summed E-state index contributed by atoms with van der Waals surface area (Å²) in [5.41, 5.74) is 0. The van der Waals surface area contributed by atoms with Crippen LogP contribution in [-0.4, -0.2) is 18.5 Å². The Morgan fingerprint density at radius 3 is 1.93 bits per heavy atom. The first-order chi connectivity index (χ1) is 13.3. The first-order valence-electron chi connectivity index (χ1n) is 10.5. The molecule has 0 fully saturated rings. The van der Waals surface area contributed by atoms with Gasteiger partial charge in [0.2, 0.25) is 5.75 Å². The third-order valence-electron chi connectivity index (χ3n) is 4.17. The Kier molecular flexibility index (Phi) is 11.3. The van der Waals surface area contributed by atoms with Crippen molar-refractivity contribution in [3.8, 4) is 17.2 Å². The Balaban J connectivity index is 2.83. The van der Waals surface area contributed by atoms with E-state index in [0.29, 0.717) is 37.0 Å². The van der Waals surface area contributed by atoms with E-state index in [2.05, 4.69) is 27.7 Å². The molecule has 28 heavy (non-hydrogen) atoms. The summed E-state index contributed by atoms with van der Waals surface area (Å²) < 4.78 is 16.7. The Bertz CT molecular complexity index is 607. The van der Waals surface area contributed by atoms with E-state index in [1.807, 2.05) is 6.92 Å². The van der Waals surface area contributed by atoms with E-state index in [1.165, 1.54) is 0 Å². The van der Waals surface area contributed by atoms with E-state index < -0.39 is 0 Å². The number of carbonyl (C=O) groups is 2. The lowest BCUT2D eigenvalue weighted by Gasteiger charge is -2.15. The van der Waals surface area contributed by atoms with Crippen LogP contribution in [0.2, 0.25) is 0 Å². The summed E-state index contributed by atoms with van der Waals surface area (Å²) >= 11 is 0. The second kappa shape index (κ2) is 13.2. The van der Waals surface area contributed by atoms with E-state index in [0.717, 1.165) is 32.1 Å². The zero-order valence-corrected chi connectivity index (χ0v) is 18.1. The summed E-state index contributed by atoms with van der Waals surface area (Å²) in [5, 5.41) is 0. The van der Waals surface area contributed by atoms with Crippen molar-refractivity contribution in [3.05, 3.63) is 18.2 Å². The molecule has 0 heterocycles. The number of benzene rings is 1. The molecule has 0 atom stereocenters. The van der Waals surface area contributed by atoms with Crippen LogP contribution in [0.25, 0.3) is 0 Å². The summed E-state index contributed by atoms with van der Waals surface area (Å²) in [4.78, 5) is 24.5. The molecule has 0 saturated carbocycles. The van der Waals surface area contributed by atoms with Gasteiger partial charge in [-0.2, -0.15) is 0 Å². The zero-order chi connectivity index (χ0) is 20.9. The molecule has 0 amide bonds. The van der Waals surface area contributed by atoms with Gasteiger partial charge >= 0.3 is 11.9 Å². The van der Waals surface area contributed by atoms with E-state index in [1.54, 1.807) is 18.2 Å². The maximum absolute atomic E-state index is 12.3. The van der Waals surface area contributed by atoms with Crippen LogP contribution in [0.5, 0.6) is 17.2 Å². The zero-order valence-electron chi connectivity index (χ0n) is 18.1. The minimum Gasteiger partial charge on any atom is -0.490 e. The van der Waals surface area contributed by atoms with Gasteiger partial charge < -0.3 is 14.2 Å². The van der Waals surface area contributed by atoms with Crippen molar-refractivity contribution in [2.45, 2.75) is 79.6 Å². The molecule has 0 aliphatic rings. The second-order valence-corrected chi connectivity index (χ2v) is 7.95. The van der Waals surface area contributed by atoms with Gasteiger partial charge in [-0.3, -0.25) is 9.59 Å². The van der Waals surface area contributed by atoms with Crippen molar-refractivity contribution in [2.75, 3.05) is 6.61 Å². The van der Waals surface area contributed by atoms with Crippen LogP contribution in [-0.2, 0) is 9.59 Å². The topological polar surface area (TPSA) is 61.8 Å². The second-order valence-electron chi connectivity index (χ2n) is 7.95. The van der Waals surface area contributed by atoms with E-state index in [9.17, 15) is 9.59 Å². The summed E-state index contributed by atoms with van der Waals surface area (Å²) in [6.45, 7) is 11.0. The Morgan fingerprint density at radius 2 is 1.39 bits per heavy atom. The number of hydrogen-bond acceptors (Lipinski definition) is 5. The number of hydrogen-bond donors (Lipinski definition) is 0. The number of carbonyl (C=O) groups excluding carboxylic acids is 2. The van der Waals surface area contributed by atoms with Crippen LogP contribution in [0, 0.1) is 11.8 Å². The van der Waals surface area contributed by atoms with Gasteiger partial charge in [-0.25, -0.2) is 0 Å². The van der Waals surface area contributed by atoms with Crippen molar-refractivity contribution < 1.29 is 23.8 Å². The van der Waals surface area contributed by atoms with Crippen LogP contribution in [0.15, 0.2) is 18.2 Å². The summed E-state index contributed by atoms with van der Waals surface area (Å²) in [6.07, 6.45) is 4.93. The summed E-state index contributed by atoms with van der Waals surface area (Å²) in [5.74, 6) is 1.27. The predicted molar refractivity (Wildman–Crippen MR) is 111 cm³/mol. The predicted octanol–water partition coefficient (Wildman–Crippen LogP) is 5.94. The average Bonchev–Trinajstić information content (AvgIpc) is 2.61. The van der Waals surface area contributed by atoms with Gasteiger partial charge in [0.25, 0.3) is 0 Å². The fourth-order valence-electron chi connectivity index (χ4n) is 2.65. The highest BCUT2D eigenvalue weighted by atomic mass is 16.6. The smallest absolute Gasteiger partial charge is 0.311 e. The molecule has 0 saturated heterocycles. The normalized spacial score (nSPS) is 11.0. The molecule has 0 bridgehead atoms. The molecule has 0 N–H and O–H groups in total. The largest absolute Gasteiger partial charge is 0.490 e. The number of rotatable bonds is 13. The van der Waals surface area contributed by atoms with Crippen LogP contribution in [0.3, 0.4) is 0 Å². The van der Waals surface area contributed by atoms with Crippen LogP contribution >= 0.6 is 0 Å². The van der Waals surface area contributed by atoms with Crippen molar-refractivity contribution in [1.29, 1.82) is 0 Å². The molecule has 0 aliphatic carbocycles. The third kappa shape index (κ3) is 9.77. The quantitative estimate of drug-likeness (QED) is 0.307. The van der Waals surface area contributed by atoms with Crippen molar-refractivity contribution >= 4 is 11.9 Å². The highest BCUT2D eigenvalue weighted by Crippen LogP contribution is 2.38. The minimum absolute atomic E-state index is 0.197. The molecule has 158 valence electrons. The van der Waals surface area contributed by atoms with Crippen molar-refractivity contribution in [3.63, 3.8) is 0 Å². The van der Waals surface area contributed by atoms with E-state index in [-0.39, 0.29) is 23.4 Å². The van der Waals surface area contributed by atoms with E-state index in [4.69, 9.17) is 14.2 Å². The lowest BCUT2D eigenvalue weighted by Crippen LogP contribution is -2.13. The van der Waals surface area contributed by atoms with Gasteiger partial charge in [-0.05, 0) is 43.2 Å². The molecule has 5 heteroatoms. The van der Waals surface area contributed by atoms with Gasteiger partial charge in [0.15, 0.2) is 11.5 Å². The highest BCUT2D eigenvalue weighted by Gasteiger charge is 2.19. The Hall–Kier alpha value is -2.04. The maximum Gasteiger partial charge on any atom is 0.311 e. The third-order valence-corrected chi connectivity index (χ3v) is 4.17. The molecular weight excluding hydrogens is 356 g/mol. The van der Waals surface area contributed by atoms with Crippen LogP contribution in [0.1, 0.15) is 79.6 Å². The van der Waals surface area contributed by atoms with E-state index >= 15 is 0 Å². The lowest BCUT2D eigenvalue weighted by molar-refractivity contribution is -0.137. The van der Waals surface area contributed by atoms with Crippen molar-refractivity contribution in [1.82, 2.24) is 0 Å². The molecule has 1 rings (SSSR count). The fraction of sp³-hybridized carbons (Fsp3) is 0.652. The monoisotopic (exact) mass is 392 g/mol.